The zero-order valence-electron chi connectivity index (χ0n) is 12.1. The predicted molar refractivity (Wildman–Crippen MR) is 78.5 cm³/mol. The van der Waals surface area contributed by atoms with Crippen molar-refractivity contribution in [2.45, 2.75) is 56.6 Å². The average molecular weight is 259 g/mol. The normalized spacial score (nSPS) is 28.5. The van der Waals surface area contributed by atoms with E-state index in [2.05, 4.69) is 36.5 Å². The molecule has 0 spiro atoms. The van der Waals surface area contributed by atoms with Gasteiger partial charge in [0.05, 0.1) is 5.60 Å². The molecule has 0 saturated heterocycles. The van der Waals surface area contributed by atoms with E-state index in [4.69, 9.17) is 4.74 Å². The van der Waals surface area contributed by atoms with Gasteiger partial charge < -0.3 is 10.1 Å². The maximum absolute atomic E-state index is 5.65. The first-order valence-corrected chi connectivity index (χ1v) is 7.56. The van der Waals surface area contributed by atoms with Crippen molar-refractivity contribution in [3.8, 4) is 0 Å². The van der Waals surface area contributed by atoms with Gasteiger partial charge in [0, 0.05) is 19.7 Å². The Morgan fingerprint density at radius 2 is 1.89 bits per heavy atom. The van der Waals surface area contributed by atoms with Gasteiger partial charge in [-0.1, -0.05) is 29.8 Å². The third-order valence-electron chi connectivity index (χ3n) is 5.10. The molecule has 104 valence electrons. The van der Waals surface area contributed by atoms with Crippen LogP contribution in [-0.4, -0.2) is 25.3 Å². The summed E-state index contributed by atoms with van der Waals surface area (Å²) in [5, 5.41) is 3.70. The number of nitrogens with one attached hydrogen (secondary N) is 1. The number of benzene rings is 1. The van der Waals surface area contributed by atoms with Crippen molar-refractivity contribution in [3.05, 3.63) is 35.4 Å². The molecule has 2 aliphatic rings. The highest BCUT2D eigenvalue weighted by molar-refractivity contribution is 5.26. The fraction of sp³-hybridized carbons (Fsp3) is 0.647. The van der Waals surface area contributed by atoms with Gasteiger partial charge in [-0.2, -0.15) is 0 Å². The van der Waals surface area contributed by atoms with Crippen molar-refractivity contribution in [1.29, 1.82) is 0 Å². The van der Waals surface area contributed by atoms with E-state index in [1.165, 1.54) is 43.2 Å². The first kappa shape index (κ1) is 13.1. The SMILES string of the molecule is COC1(CNC2CC(c3ccc(C)cc3)C2)CCC1. The van der Waals surface area contributed by atoms with Gasteiger partial charge in [-0.3, -0.25) is 0 Å². The van der Waals surface area contributed by atoms with E-state index in [1.807, 2.05) is 7.11 Å². The smallest absolute Gasteiger partial charge is 0.0802 e. The molecule has 1 aromatic carbocycles. The monoisotopic (exact) mass is 259 g/mol. The van der Waals surface area contributed by atoms with Crippen molar-refractivity contribution in [2.75, 3.05) is 13.7 Å². The highest BCUT2D eigenvalue weighted by Crippen LogP contribution is 2.39. The lowest BCUT2D eigenvalue weighted by atomic mass is 9.74. The van der Waals surface area contributed by atoms with Crippen LogP contribution in [0.2, 0.25) is 0 Å². The van der Waals surface area contributed by atoms with E-state index < -0.39 is 0 Å². The molecular formula is C17H25NO. The van der Waals surface area contributed by atoms with Crippen molar-refractivity contribution in [3.63, 3.8) is 0 Å². The van der Waals surface area contributed by atoms with E-state index in [0.29, 0.717) is 6.04 Å². The summed E-state index contributed by atoms with van der Waals surface area (Å²) in [6, 6.07) is 9.73. The van der Waals surface area contributed by atoms with Crippen molar-refractivity contribution in [1.82, 2.24) is 5.32 Å². The lowest BCUT2D eigenvalue weighted by molar-refractivity contribution is -0.0724. The molecular weight excluding hydrogens is 234 g/mol. The van der Waals surface area contributed by atoms with E-state index in [0.717, 1.165) is 12.5 Å². The summed E-state index contributed by atoms with van der Waals surface area (Å²) in [7, 11) is 1.86. The van der Waals surface area contributed by atoms with Crippen molar-refractivity contribution >= 4 is 0 Å². The quantitative estimate of drug-likeness (QED) is 0.875. The Hall–Kier alpha value is -0.860. The van der Waals surface area contributed by atoms with Crippen LogP contribution in [0.4, 0.5) is 0 Å². The molecule has 1 N–H and O–H groups in total. The number of methoxy groups -OCH3 is 1. The summed E-state index contributed by atoms with van der Waals surface area (Å²) < 4.78 is 5.65. The minimum absolute atomic E-state index is 0.162. The molecule has 2 saturated carbocycles. The summed E-state index contributed by atoms with van der Waals surface area (Å²) in [5.41, 5.74) is 3.02. The molecule has 0 aromatic heterocycles. The van der Waals surface area contributed by atoms with Gasteiger partial charge in [0.15, 0.2) is 0 Å². The first-order valence-electron chi connectivity index (χ1n) is 7.56. The number of hydrogen-bond donors (Lipinski definition) is 1. The third kappa shape index (κ3) is 2.70. The zero-order valence-corrected chi connectivity index (χ0v) is 12.1. The summed E-state index contributed by atoms with van der Waals surface area (Å²) in [6.07, 6.45) is 6.34. The standard InChI is InChI=1S/C17H25NO/c1-13-4-6-14(7-5-13)15-10-16(11-15)18-12-17(19-2)8-3-9-17/h4-7,15-16,18H,3,8-12H2,1-2H3. The molecule has 1 aromatic rings. The number of hydrogen-bond acceptors (Lipinski definition) is 2. The molecule has 0 aliphatic heterocycles. The maximum atomic E-state index is 5.65. The Morgan fingerprint density at radius 3 is 2.42 bits per heavy atom. The number of ether oxygens (including phenoxy) is 1. The highest BCUT2D eigenvalue weighted by atomic mass is 16.5. The van der Waals surface area contributed by atoms with E-state index >= 15 is 0 Å². The second-order valence-corrected chi connectivity index (χ2v) is 6.40. The van der Waals surface area contributed by atoms with Crippen LogP contribution in [0.25, 0.3) is 0 Å². The van der Waals surface area contributed by atoms with Gasteiger partial charge in [0.2, 0.25) is 0 Å². The van der Waals surface area contributed by atoms with Gasteiger partial charge in [0.25, 0.3) is 0 Å². The molecule has 2 heteroatoms. The van der Waals surface area contributed by atoms with Gasteiger partial charge in [-0.25, -0.2) is 0 Å². The molecule has 2 fully saturated rings. The lowest BCUT2D eigenvalue weighted by Crippen LogP contribution is -2.52. The van der Waals surface area contributed by atoms with Gasteiger partial charge in [-0.05, 0) is 50.5 Å². The molecule has 2 aliphatic carbocycles. The van der Waals surface area contributed by atoms with Crippen molar-refractivity contribution in [2.24, 2.45) is 0 Å². The average Bonchev–Trinajstić information content (AvgIpc) is 2.32. The summed E-state index contributed by atoms with van der Waals surface area (Å²) in [4.78, 5) is 0. The lowest BCUT2D eigenvalue weighted by Gasteiger charge is -2.44. The van der Waals surface area contributed by atoms with E-state index in [-0.39, 0.29) is 5.60 Å². The summed E-state index contributed by atoms with van der Waals surface area (Å²) >= 11 is 0. The number of aryl methyl sites for hydroxylation is 1. The predicted octanol–water partition coefficient (Wildman–Crippen LogP) is 3.40. The van der Waals surface area contributed by atoms with Crippen LogP contribution in [-0.2, 0) is 4.74 Å². The molecule has 3 rings (SSSR count). The molecule has 0 bridgehead atoms. The Kier molecular flexibility index (Phi) is 3.64. The fourth-order valence-corrected chi connectivity index (χ4v) is 3.25. The Bertz CT molecular complexity index is 410. The third-order valence-corrected chi connectivity index (χ3v) is 5.10. The molecule has 0 amide bonds. The summed E-state index contributed by atoms with van der Waals surface area (Å²) in [5.74, 6) is 0.762. The minimum atomic E-state index is 0.162. The van der Waals surface area contributed by atoms with Gasteiger partial charge in [-0.15, -0.1) is 0 Å². The Balaban J connectivity index is 1.44. The topological polar surface area (TPSA) is 21.3 Å². The molecule has 19 heavy (non-hydrogen) atoms. The second kappa shape index (κ2) is 5.26. The highest BCUT2D eigenvalue weighted by Gasteiger charge is 2.38. The Labute approximate surface area is 116 Å². The van der Waals surface area contributed by atoms with Crippen molar-refractivity contribution < 1.29 is 4.74 Å². The molecule has 0 heterocycles. The number of rotatable bonds is 5. The zero-order chi connectivity index (χ0) is 13.3. The van der Waals surface area contributed by atoms with Crippen LogP contribution in [0.1, 0.15) is 49.1 Å². The molecule has 0 unspecified atom stereocenters. The van der Waals surface area contributed by atoms with Crippen LogP contribution in [0.5, 0.6) is 0 Å². The minimum Gasteiger partial charge on any atom is -0.377 e. The first-order chi connectivity index (χ1) is 9.21. The maximum Gasteiger partial charge on any atom is 0.0802 e. The summed E-state index contributed by atoms with van der Waals surface area (Å²) in [6.45, 7) is 3.19. The van der Waals surface area contributed by atoms with Crippen LogP contribution < -0.4 is 5.32 Å². The Morgan fingerprint density at radius 1 is 1.21 bits per heavy atom. The van der Waals surface area contributed by atoms with E-state index in [1.54, 1.807) is 0 Å². The van der Waals surface area contributed by atoms with Gasteiger partial charge in [0.1, 0.15) is 0 Å². The fourth-order valence-electron chi connectivity index (χ4n) is 3.25. The molecule has 0 radical (unpaired) electrons. The van der Waals surface area contributed by atoms with Crippen LogP contribution in [0.3, 0.4) is 0 Å². The van der Waals surface area contributed by atoms with Crippen LogP contribution in [0.15, 0.2) is 24.3 Å². The second-order valence-electron chi connectivity index (χ2n) is 6.40. The largest absolute Gasteiger partial charge is 0.377 e. The van der Waals surface area contributed by atoms with E-state index in [9.17, 15) is 0 Å². The van der Waals surface area contributed by atoms with Gasteiger partial charge >= 0.3 is 0 Å². The molecule has 0 atom stereocenters. The van der Waals surface area contributed by atoms with Crippen LogP contribution >= 0.6 is 0 Å². The molecule has 2 nitrogen and oxygen atoms in total. The van der Waals surface area contributed by atoms with Crippen LogP contribution in [0, 0.1) is 6.92 Å².